The zero-order chi connectivity index (χ0) is 39.6. The number of ketones is 1. The van der Waals surface area contributed by atoms with E-state index in [0.29, 0.717) is 62.9 Å². The standard InChI is InChI=1S/C45H58N4O7/c1-7-35(50)45(54)38-43(17-20-49-18-12-16-42(9-3,37(43)49)39(45)51)30-21-31(34(55-5)22-33(30)47(38)4)44(40(52)56-6)24-27-23-41(53,8-2)26-48(25-27)19-15-29-28-13-10-11-14-32(28)46-36(29)44/h10-14,16,21-22,27,37-39,46,51,53-54H,7-9,15,17-20,23-26H2,1-6H3/t27?,37-,38+,39+,41?,42+,43+,44-,45-/m1/s1. The van der Waals surface area contributed by atoms with E-state index in [4.69, 9.17) is 9.47 Å². The van der Waals surface area contributed by atoms with E-state index in [1.165, 1.54) is 7.11 Å². The molecule has 6 aliphatic rings. The van der Waals surface area contributed by atoms with Gasteiger partial charge in [0.05, 0.1) is 25.9 Å². The molecular weight excluding hydrogens is 709 g/mol. The number of esters is 1. The van der Waals surface area contributed by atoms with Gasteiger partial charge in [-0.05, 0) is 74.2 Å². The molecule has 2 aromatic carbocycles. The van der Waals surface area contributed by atoms with Crippen molar-refractivity contribution in [3.05, 3.63) is 70.9 Å². The number of aliphatic hydroxyl groups is 3. The van der Waals surface area contributed by atoms with Crippen molar-refractivity contribution in [1.82, 2.24) is 14.8 Å². The van der Waals surface area contributed by atoms with Crippen LogP contribution in [0.25, 0.3) is 10.9 Å². The number of carbonyl (C=O) groups excluding carboxylic acids is 2. The number of Topliss-reactive ketones (excluding diaryl/α,β-unsaturated/α-hetero) is 1. The van der Waals surface area contributed by atoms with Gasteiger partial charge in [-0.15, -0.1) is 0 Å². The summed E-state index contributed by atoms with van der Waals surface area (Å²) in [6.45, 7) is 9.32. The lowest BCUT2D eigenvalue weighted by molar-refractivity contribution is -0.201. The Bertz CT molecular complexity index is 2130. The molecule has 11 heteroatoms. The molecule has 0 amide bonds. The van der Waals surface area contributed by atoms with Crippen LogP contribution in [0.15, 0.2) is 48.6 Å². The number of likely N-dealkylation sites (N-methyl/N-ethyl adjacent to an activating group) is 1. The van der Waals surface area contributed by atoms with Crippen molar-refractivity contribution in [3.8, 4) is 5.75 Å². The third-order valence-electron chi connectivity index (χ3n) is 15.6. The molecule has 1 saturated carbocycles. The van der Waals surface area contributed by atoms with E-state index in [9.17, 15) is 20.1 Å². The fraction of sp³-hybridized carbons (Fsp3) is 0.600. The summed E-state index contributed by atoms with van der Waals surface area (Å²) in [7, 11) is 5.00. The lowest BCUT2D eigenvalue weighted by Gasteiger charge is -2.63. The molecule has 2 saturated heterocycles. The molecule has 9 rings (SSSR count). The SMILES string of the molecule is CCC(=O)[C@@]1(O)[C@H]2N(C)c3cc(OC)c([C@]4(C(=O)OC)CC5CN(CCc6c4[nH]c4ccccc64)CC(O)(CC)C5)cc3[C@]23CCN2CC=C[C@@](CC)([C@@H]23)[C@@H]1O. The maximum atomic E-state index is 15.3. The van der Waals surface area contributed by atoms with Crippen molar-refractivity contribution in [2.24, 2.45) is 11.3 Å². The van der Waals surface area contributed by atoms with Crippen molar-refractivity contribution < 1.29 is 34.4 Å². The molecule has 11 nitrogen and oxygen atoms in total. The highest BCUT2D eigenvalue weighted by Crippen LogP contribution is 2.68. The van der Waals surface area contributed by atoms with Gasteiger partial charge >= 0.3 is 5.97 Å². The number of hydrogen-bond acceptors (Lipinski definition) is 10. The lowest BCUT2D eigenvalue weighted by Crippen LogP contribution is -2.80. The number of aliphatic hydroxyl groups excluding tert-OH is 1. The fourth-order valence-electron chi connectivity index (χ4n) is 13.4. The molecule has 2 bridgehead atoms. The Morgan fingerprint density at radius 2 is 1.79 bits per heavy atom. The smallest absolute Gasteiger partial charge is 0.322 e. The summed E-state index contributed by atoms with van der Waals surface area (Å²) >= 11 is 0. The first-order chi connectivity index (χ1) is 26.8. The Balaban J connectivity index is 1.36. The van der Waals surface area contributed by atoms with Gasteiger partial charge in [0.25, 0.3) is 0 Å². The molecule has 6 heterocycles. The summed E-state index contributed by atoms with van der Waals surface area (Å²) in [5.74, 6) is -0.340. The van der Waals surface area contributed by atoms with E-state index in [2.05, 4.69) is 45.1 Å². The van der Waals surface area contributed by atoms with Gasteiger partial charge in [0.2, 0.25) is 0 Å². The number of hydrogen-bond donors (Lipinski definition) is 4. The molecule has 1 spiro atoms. The van der Waals surface area contributed by atoms with E-state index < -0.39 is 45.6 Å². The number of para-hydroxylation sites is 1. The van der Waals surface area contributed by atoms with E-state index in [-0.39, 0.29) is 24.2 Å². The number of benzene rings is 2. The van der Waals surface area contributed by atoms with Crippen LogP contribution < -0.4 is 9.64 Å². The van der Waals surface area contributed by atoms with Crippen LogP contribution in [-0.2, 0) is 31.6 Å². The number of aromatic nitrogens is 1. The van der Waals surface area contributed by atoms with Crippen LogP contribution in [0.3, 0.4) is 0 Å². The van der Waals surface area contributed by atoms with Crippen LogP contribution in [-0.4, -0.2) is 125 Å². The second kappa shape index (κ2) is 12.9. The summed E-state index contributed by atoms with van der Waals surface area (Å²) in [6, 6.07) is 11.4. The van der Waals surface area contributed by atoms with E-state index >= 15 is 4.79 Å². The number of nitrogens with zero attached hydrogens (tertiary/aromatic N) is 3. The molecule has 3 aromatic rings. The number of methoxy groups -OCH3 is 2. The summed E-state index contributed by atoms with van der Waals surface area (Å²) in [5.41, 5.74) is -0.815. The summed E-state index contributed by atoms with van der Waals surface area (Å²) in [5, 5.41) is 38.5. The van der Waals surface area contributed by atoms with Gasteiger partial charge in [0.15, 0.2) is 11.4 Å². The number of H-pyrrole nitrogens is 1. The molecule has 5 aliphatic heterocycles. The monoisotopic (exact) mass is 766 g/mol. The number of fused-ring (bicyclic) bond motifs is 6. The average molecular weight is 767 g/mol. The van der Waals surface area contributed by atoms with Crippen LogP contribution in [0.1, 0.15) is 81.7 Å². The Labute approximate surface area is 329 Å². The Hall–Kier alpha value is -3.74. The highest BCUT2D eigenvalue weighted by atomic mass is 16.5. The number of rotatable bonds is 7. The molecule has 300 valence electrons. The number of nitrogens with one attached hydrogen (secondary N) is 1. The average Bonchev–Trinajstić information content (AvgIpc) is 3.87. The van der Waals surface area contributed by atoms with Gasteiger partial charge < -0.3 is 34.7 Å². The molecule has 0 radical (unpaired) electrons. The van der Waals surface area contributed by atoms with Gasteiger partial charge in [-0.25, -0.2) is 0 Å². The van der Waals surface area contributed by atoms with Gasteiger partial charge in [-0.2, -0.15) is 0 Å². The van der Waals surface area contributed by atoms with E-state index in [0.717, 1.165) is 53.0 Å². The zero-order valence-corrected chi connectivity index (χ0v) is 33.7. The van der Waals surface area contributed by atoms with E-state index in [1.54, 1.807) is 14.0 Å². The van der Waals surface area contributed by atoms with Crippen LogP contribution in [0.2, 0.25) is 0 Å². The molecule has 1 aromatic heterocycles. The first-order valence-electron chi connectivity index (χ1n) is 20.8. The summed E-state index contributed by atoms with van der Waals surface area (Å²) in [4.78, 5) is 40.1. The zero-order valence-electron chi connectivity index (χ0n) is 33.7. The van der Waals surface area contributed by atoms with Crippen LogP contribution in [0.4, 0.5) is 5.69 Å². The first-order valence-corrected chi connectivity index (χ1v) is 20.8. The van der Waals surface area contributed by atoms with E-state index in [1.807, 2.05) is 44.0 Å². The van der Waals surface area contributed by atoms with Crippen LogP contribution in [0, 0.1) is 11.3 Å². The molecule has 56 heavy (non-hydrogen) atoms. The van der Waals surface area contributed by atoms with Crippen molar-refractivity contribution >= 4 is 28.3 Å². The second-order valence-corrected chi connectivity index (χ2v) is 17.9. The molecular formula is C45H58N4O7. The summed E-state index contributed by atoms with van der Waals surface area (Å²) in [6.07, 6.45) is 6.29. The molecule has 1 aliphatic carbocycles. The minimum absolute atomic E-state index is 0.0630. The minimum atomic E-state index is -2.07. The molecule has 3 unspecified atom stereocenters. The van der Waals surface area contributed by atoms with Gasteiger partial charge in [-0.3, -0.25) is 19.4 Å². The highest BCUT2D eigenvalue weighted by Gasteiger charge is 2.78. The second-order valence-electron chi connectivity index (χ2n) is 17.9. The van der Waals surface area contributed by atoms with Crippen molar-refractivity contribution in [3.63, 3.8) is 0 Å². The first kappa shape index (κ1) is 37.8. The van der Waals surface area contributed by atoms with Crippen molar-refractivity contribution in [2.45, 2.75) is 106 Å². The number of aromatic amines is 1. The topological polar surface area (TPSA) is 139 Å². The predicted molar refractivity (Wildman–Crippen MR) is 214 cm³/mol. The quantitative estimate of drug-likeness (QED) is 0.204. The van der Waals surface area contributed by atoms with Crippen LogP contribution in [0.5, 0.6) is 5.75 Å². The van der Waals surface area contributed by atoms with Crippen LogP contribution >= 0.6 is 0 Å². The minimum Gasteiger partial charge on any atom is -0.496 e. The number of anilines is 1. The molecule has 10 atom stereocenters. The third-order valence-corrected chi connectivity index (χ3v) is 15.6. The summed E-state index contributed by atoms with van der Waals surface area (Å²) < 4.78 is 12.3. The Morgan fingerprint density at radius 1 is 1.00 bits per heavy atom. The maximum Gasteiger partial charge on any atom is 0.322 e. The van der Waals surface area contributed by atoms with Gasteiger partial charge in [0, 0.05) is 90.4 Å². The Morgan fingerprint density at radius 3 is 2.50 bits per heavy atom. The maximum absolute atomic E-state index is 15.3. The predicted octanol–water partition coefficient (Wildman–Crippen LogP) is 4.23. The fourth-order valence-corrected chi connectivity index (χ4v) is 13.4. The number of ether oxygens (including phenoxy) is 2. The highest BCUT2D eigenvalue weighted by molar-refractivity contribution is 5.95. The number of piperidine rings is 1. The largest absolute Gasteiger partial charge is 0.496 e. The van der Waals surface area contributed by atoms with Gasteiger partial charge in [0.1, 0.15) is 17.3 Å². The molecule has 3 fully saturated rings. The third kappa shape index (κ3) is 4.63. The number of carbonyl (C=O) groups is 2. The lowest BCUT2D eigenvalue weighted by atomic mass is 9.47. The molecule has 4 N–H and O–H groups in total. The van der Waals surface area contributed by atoms with Gasteiger partial charge in [-0.1, -0.05) is 51.1 Å². The van der Waals surface area contributed by atoms with Crippen molar-refractivity contribution in [1.29, 1.82) is 0 Å². The normalized spacial score (nSPS) is 38.5. The Kier molecular flexibility index (Phi) is 8.70. The van der Waals surface area contributed by atoms with Crippen molar-refractivity contribution in [2.75, 3.05) is 58.9 Å².